The molecule has 0 unspecified atom stereocenters. The number of amides is 2. The molecule has 8 rings (SSSR count). The first-order valence-corrected chi connectivity index (χ1v) is 23.3. The Bertz CT molecular complexity index is 2680. The van der Waals surface area contributed by atoms with Gasteiger partial charge < -0.3 is 20.8 Å². The Balaban J connectivity index is 1.22. The Hall–Kier alpha value is -6.86. The second-order valence-electron chi connectivity index (χ2n) is 19.4. The first-order valence-electron chi connectivity index (χ1n) is 23.3. The van der Waals surface area contributed by atoms with Crippen molar-refractivity contribution in [3.8, 4) is 0 Å². The molecular formula is C61H62N2O4. The number of hydrogen-bond acceptors (Lipinski definition) is 4. The highest BCUT2D eigenvalue weighted by molar-refractivity contribution is 6.05. The van der Waals surface area contributed by atoms with Crippen LogP contribution in [0.1, 0.15) is 81.6 Å². The Morgan fingerprint density at radius 2 is 0.672 bits per heavy atom. The molecule has 0 fully saturated rings. The van der Waals surface area contributed by atoms with Crippen molar-refractivity contribution < 1.29 is 19.8 Å². The summed E-state index contributed by atoms with van der Waals surface area (Å²) < 4.78 is 0. The van der Waals surface area contributed by atoms with Crippen molar-refractivity contribution in [2.24, 2.45) is 5.41 Å². The van der Waals surface area contributed by atoms with Gasteiger partial charge in [-0.05, 0) is 96.5 Å². The fourth-order valence-electron chi connectivity index (χ4n) is 9.50. The smallest absolute Gasteiger partial charge is 0.235 e. The minimum atomic E-state index is -1.70. The predicted molar refractivity (Wildman–Crippen MR) is 273 cm³/mol. The van der Waals surface area contributed by atoms with Gasteiger partial charge in [-0.3, -0.25) is 9.59 Å². The van der Waals surface area contributed by atoms with Crippen LogP contribution in [0, 0.1) is 33.1 Å². The fraction of sp³-hybridized carbons (Fsp3) is 0.246. The molecule has 0 heterocycles. The van der Waals surface area contributed by atoms with Crippen molar-refractivity contribution in [1.29, 1.82) is 0 Å². The average Bonchev–Trinajstić information content (AvgIpc) is 3.32. The van der Waals surface area contributed by atoms with Gasteiger partial charge in [-0.15, -0.1) is 0 Å². The highest BCUT2D eigenvalue weighted by Gasteiger charge is 2.47. The molecule has 8 aromatic rings. The fourth-order valence-corrected chi connectivity index (χ4v) is 9.50. The molecule has 2 amide bonds. The summed E-state index contributed by atoms with van der Waals surface area (Å²) in [7, 11) is 0. The maximum absolute atomic E-state index is 15.3. The van der Waals surface area contributed by atoms with Crippen LogP contribution in [0.25, 0.3) is 21.5 Å². The van der Waals surface area contributed by atoms with Crippen LogP contribution in [0.5, 0.6) is 0 Å². The zero-order valence-electron chi connectivity index (χ0n) is 39.5. The van der Waals surface area contributed by atoms with E-state index in [4.69, 9.17) is 0 Å². The van der Waals surface area contributed by atoms with E-state index in [1.807, 2.05) is 210 Å². The number of carbonyl (C=O) groups is 2. The molecule has 6 heteroatoms. The zero-order chi connectivity index (χ0) is 47.3. The van der Waals surface area contributed by atoms with Gasteiger partial charge in [0.1, 0.15) is 5.41 Å². The van der Waals surface area contributed by atoms with Crippen LogP contribution in [-0.4, -0.2) is 33.2 Å². The predicted octanol–water partition coefficient (Wildman–Crippen LogP) is 11.7. The molecule has 0 bridgehead atoms. The van der Waals surface area contributed by atoms with Gasteiger partial charge in [-0.1, -0.05) is 204 Å². The summed E-state index contributed by atoms with van der Waals surface area (Å²) in [5, 5.41) is 37.2. The molecule has 340 valence electrons. The number of aryl methyl sites for hydroxylation is 4. The highest BCUT2D eigenvalue weighted by atomic mass is 16.3. The van der Waals surface area contributed by atoms with Crippen molar-refractivity contribution in [3.63, 3.8) is 0 Å². The second kappa shape index (κ2) is 19.5. The average molecular weight is 887 g/mol. The summed E-state index contributed by atoms with van der Waals surface area (Å²) in [5.74, 6) is -1.13. The third-order valence-corrected chi connectivity index (χ3v) is 13.6. The number of rotatable bonds is 16. The summed E-state index contributed by atoms with van der Waals surface area (Å²) in [6.07, 6.45) is 0.874. The van der Waals surface area contributed by atoms with E-state index < -0.39 is 40.5 Å². The summed E-state index contributed by atoms with van der Waals surface area (Å²) in [6, 6.07) is 58.3. The van der Waals surface area contributed by atoms with Crippen molar-refractivity contribution >= 4 is 33.4 Å². The van der Waals surface area contributed by atoms with E-state index in [0.29, 0.717) is 0 Å². The maximum atomic E-state index is 15.3. The van der Waals surface area contributed by atoms with Gasteiger partial charge in [0.2, 0.25) is 11.8 Å². The maximum Gasteiger partial charge on any atom is 0.235 e. The molecule has 4 N–H and O–H groups in total. The van der Waals surface area contributed by atoms with E-state index in [9.17, 15) is 10.2 Å². The van der Waals surface area contributed by atoms with Gasteiger partial charge in [-0.2, -0.15) is 0 Å². The zero-order valence-corrected chi connectivity index (χ0v) is 39.5. The molecular weight excluding hydrogens is 825 g/mol. The quantitative estimate of drug-likeness (QED) is 0.0727. The number of carbonyl (C=O) groups excluding carboxylic acids is 2. The molecule has 6 nitrogen and oxygen atoms in total. The Morgan fingerprint density at radius 1 is 0.403 bits per heavy atom. The van der Waals surface area contributed by atoms with E-state index in [-0.39, 0.29) is 25.7 Å². The number of aliphatic hydroxyl groups is 2. The minimum Gasteiger partial charge on any atom is -0.387 e. The summed E-state index contributed by atoms with van der Waals surface area (Å²) in [4.78, 5) is 30.7. The molecule has 0 aliphatic heterocycles. The monoisotopic (exact) mass is 886 g/mol. The van der Waals surface area contributed by atoms with Crippen LogP contribution >= 0.6 is 0 Å². The summed E-state index contributed by atoms with van der Waals surface area (Å²) in [5.41, 5.74) is 4.71. The third-order valence-electron chi connectivity index (χ3n) is 13.6. The van der Waals surface area contributed by atoms with Gasteiger partial charge in [-0.25, -0.2) is 0 Å². The van der Waals surface area contributed by atoms with Gasteiger partial charge in [0.15, 0.2) is 0 Å². The number of hydrogen-bond donors (Lipinski definition) is 4. The molecule has 0 aliphatic carbocycles. The van der Waals surface area contributed by atoms with E-state index in [1.54, 1.807) is 13.8 Å². The van der Waals surface area contributed by atoms with Crippen LogP contribution in [0.4, 0.5) is 0 Å². The second-order valence-corrected chi connectivity index (χ2v) is 19.4. The van der Waals surface area contributed by atoms with Crippen molar-refractivity contribution in [1.82, 2.24) is 10.6 Å². The molecule has 8 aromatic carbocycles. The van der Waals surface area contributed by atoms with E-state index in [1.165, 1.54) is 0 Å². The molecule has 2 atom stereocenters. The first-order chi connectivity index (χ1) is 32.1. The van der Waals surface area contributed by atoms with Crippen LogP contribution in [0.2, 0.25) is 0 Å². The number of benzene rings is 8. The molecule has 0 radical (unpaired) electrons. The normalized spacial score (nSPS) is 13.0. The van der Waals surface area contributed by atoms with Gasteiger partial charge in [0, 0.05) is 25.7 Å². The van der Waals surface area contributed by atoms with Crippen molar-refractivity contribution in [3.05, 3.63) is 238 Å². The van der Waals surface area contributed by atoms with Crippen molar-refractivity contribution in [2.45, 2.75) is 90.5 Å². The van der Waals surface area contributed by atoms with Crippen molar-refractivity contribution in [2.75, 3.05) is 0 Å². The van der Waals surface area contributed by atoms with Gasteiger partial charge >= 0.3 is 0 Å². The number of nitrogens with one attached hydrogen (secondary N) is 2. The van der Waals surface area contributed by atoms with E-state index in [2.05, 4.69) is 10.6 Å². The Morgan fingerprint density at radius 3 is 0.970 bits per heavy atom. The van der Waals surface area contributed by atoms with Gasteiger partial charge in [0.05, 0.1) is 23.3 Å². The molecule has 0 aromatic heterocycles. The van der Waals surface area contributed by atoms with Crippen LogP contribution in [0.3, 0.4) is 0 Å². The Labute approximate surface area is 395 Å². The van der Waals surface area contributed by atoms with Gasteiger partial charge in [0.25, 0.3) is 0 Å². The number of fused-ring (bicyclic) bond motifs is 2. The molecule has 0 saturated carbocycles. The largest absolute Gasteiger partial charge is 0.387 e. The van der Waals surface area contributed by atoms with Crippen LogP contribution in [0.15, 0.2) is 182 Å². The van der Waals surface area contributed by atoms with Crippen LogP contribution in [-0.2, 0) is 35.3 Å². The lowest BCUT2D eigenvalue weighted by molar-refractivity contribution is -0.145. The summed E-state index contributed by atoms with van der Waals surface area (Å²) in [6.45, 7) is 11.4. The van der Waals surface area contributed by atoms with E-state index >= 15 is 9.59 Å². The molecule has 0 aliphatic rings. The highest BCUT2D eigenvalue weighted by Crippen LogP contribution is 2.40. The lowest BCUT2D eigenvalue weighted by Crippen LogP contribution is -2.57. The molecule has 0 spiro atoms. The standard InChI is InChI=1S/C61H62N2O4/c1-41-21-29-45(30-22-41)37-60(66,38-46-31-23-42(2)24-32-46)55(53-19-11-15-49-13-7-9-17-51(49)53)62-57(64)59(5,6)58(65)63-56(54-20-12-16-50-14-8-10-18-52(50)54)61(67,39-47-33-25-43(3)26-34-47)40-48-35-27-44(4)28-36-48/h7-36,55-56,66-67H,37-40H2,1-6H3,(H,62,64)(H,63,65)/t55-,56-/m0/s1. The molecule has 67 heavy (non-hydrogen) atoms. The van der Waals surface area contributed by atoms with E-state index in [0.717, 1.165) is 77.2 Å². The Kier molecular flexibility index (Phi) is 13.6. The summed E-state index contributed by atoms with van der Waals surface area (Å²) >= 11 is 0. The minimum absolute atomic E-state index is 0.218. The topological polar surface area (TPSA) is 98.7 Å². The van der Waals surface area contributed by atoms with Crippen LogP contribution < -0.4 is 10.6 Å². The molecule has 0 saturated heterocycles. The lowest BCUT2D eigenvalue weighted by Gasteiger charge is -2.41. The SMILES string of the molecule is Cc1ccc(CC(O)(Cc2ccc(C)cc2)[C@@H](NC(=O)C(C)(C)C(=O)N[C@@H](c2cccc3ccccc23)C(O)(Cc2ccc(C)cc2)Cc2ccc(C)cc2)c2cccc3ccccc23)cc1. The lowest BCUT2D eigenvalue weighted by atomic mass is 9.76. The third kappa shape index (κ3) is 10.6. The first kappa shape index (κ1) is 46.7.